The van der Waals surface area contributed by atoms with Crippen LogP contribution >= 0.6 is 45.8 Å². The second-order valence-corrected chi connectivity index (χ2v) is 6.92. The maximum Gasteiger partial charge on any atom is 0.174 e. The molecule has 0 bridgehead atoms. The minimum absolute atomic E-state index is 0.439. The third-order valence-corrected chi connectivity index (χ3v) is 4.48. The van der Waals surface area contributed by atoms with Crippen LogP contribution in [-0.4, -0.2) is 13.2 Å². The van der Waals surface area contributed by atoms with Gasteiger partial charge in [0.2, 0.25) is 0 Å². The van der Waals surface area contributed by atoms with Gasteiger partial charge in [-0.25, -0.2) is 0 Å². The van der Waals surface area contributed by atoms with Gasteiger partial charge in [-0.05, 0) is 65.4 Å². The number of benzene rings is 2. The lowest BCUT2D eigenvalue weighted by atomic mass is 10.2. The first kappa shape index (κ1) is 19.2. The van der Waals surface area contributed by atoms with E-state index in [1.54, 1.807) is 18.2 Å². The summed E-state index contributed by atoms with van der Waals surface area (Å²) in [6.07, 6.45) is 1.71. The van der Waals surface area contributed by atoms with E-state index in [4.69, 9.17) is 32.7 Å². The first-order chi connectivity index (χ1) is 11.5. The minimum Gasteiger partial charge on any atom is -0.490 e. The van der Waals surface area contributed by atoms with Crippen molar-refractivity contribution in [1.29, 1.82) is 0 Å². The highest BCUT2D eigenvalue weighted by molar-refractivity contribution is 14.1. The second-order valence-electron chi connectivity index (χ2n) is 4.92. The lowest BCUT2D eigenvalue weighted by Gasteiger charge is -2.15. The van der Waals surface area contributed by atoms with E-state index in [1.807, 2.05) is 19.1 Å². The van der Waals surface area contributed by atoms with Gasteiger partial charge in [-0.15, -0.1) is 0 Å². The molecule has 0 aliphatic heterocycles. The third kappa shape index (κ3) is 5.19. The Hall–Kier alpha value is -1.11. The number of rotatable bonds is 8. The fourth-order valence-corrected chi connectivity index (χ4v) is 3.40. The molecular weight excluding hydrogens is 460 g/mol. The quantitative estimate of drug-likeness (QED) is 0.364. The van der Waals surface area contributed by atoms with Crippen LogP contribution in [0.5, 0.6) is 11.5 Å². The lowest BCUT2D eigenvalue weighted by Crippen LogP contribution is -2.05. The van der Waals surface area contributed by atoms with Gasteiger partial charge in [-0.3, -0.25) is 0 Å². The monoisotopic (exact) mass is 477 g/mol. The molecule has 128 valence electrons. The zero-order chi connectivity index (χ0) is 17.5. The van der Waals surface area contributed by atoms with Crippen molar-refractivity contribution in [1.82, 2.24) is 0 Å². The number of ether oxygens (including phenoxy) is 2. The first-order valence-electron chi connectivity index (χ1n) is 7.43. The van der Waals surface area contributed by atoms with Crippen LogP contribution in [0.2, 0.25) is 10.0 Å². The van der Waals surface area contributed by atoms with Crippen molar-refractivity contribution in [3.63, 3.8) is 0 Å². The van der Waals surface area contributed by atoms with Gasteiger partial charge in [0.15, 0.2) is 11.5 Å². The predicted octanol–water partition coefficient (Wildman–Crippen LogP) is 6.17. The van der Waals surface area contributed by atoms with Crippen molar-refractivity contribution < 1.29 is 9.47 Å². The molecular formula is C18H18Cl2INO2. The van der Waals surface area contributed by atoms with E-state index in [9.17, 15) is 0 Å². The molecule has 0 atom stereocenters. The van der Waals surface area contributed by atoms with Crippen molar-refractivity contribution in [2.45, 2.75) is 13.5 Å². The zero-order valence-corrected chi connectivity index (χ0v) is 16.9. The summed E-state index contributed by atoms with van der Waals surface area (Å²) in [4.78, 5) is 0. The molecule has 2 aromatic carbocycles. The Morgan fingerprint density at radius 3 is 2.67 bits per heavy atom. The summed E-state index contributed by atoms with van der Waals surface area (Å²) < 4.78 is 12.4. The Kier molecular flexibility index (Phi) is 7.52. The van der Waals surface area contributed by atoms with Crippen LogP contribution in [0.1, 0.15) is 12.5 Å². The molecule has 3 nitrogen and oxygen atoms in total. The van der Waals surface area contributed by atoms with Gasteiger partial charge in [-0.1, -0.05) is 35.9 Å². The fourth-order valence-electron chi connectivity index (χ4n) is 2.10. The molecule has 0 aliphatic carbocycles. The fraction of sp³-hybridized carbons (Fsp3) is 0.222. The molecule has 0 aromatic heterocycles. The summed E-state index contributed by atoms with van der Waals surface area (Å²) >= 11 is 14.4. The Morgan fingerprint density at radius 2 is 2.00 bits per heavy atom. The number of halogens is 3. The number of anilines is 1. The van der Waals surface area contributed by atoms with Crippen LogP contribution in [0.25, 0.3) is 0 Å². The van der Waals surface area contributed by atoms with E-state index < -0.39 is 0 Å². The summed E-state index contributed by atoms with van der Waals surface area (Å²) in [5, 5.41) is 4.51. The maximum absolute atomic E-state index is 6.19. The summed E-state index contributed by atoms with van der Waals surface area (Å²) in [6, 6.07) is 9.41. The van der Waals surface area contributed by atoms with Crippen LogP contribution in [0.3, 0.4) is 0 Å². The summed E-state index contributed by atoms with van der Waals surface area (Å²) in [6.45, 7) is 7.24. The largest absolute Gasteiger partial charge is 0.490 e. The zero-order valence-electron chi connectivity index (χ0n) is 13.2. The van der Waals surface area contributed by atoms with Gasteiger partial charge in [0.25, 0.3) is 0 Å². The average Bonchev–Trinajstić information content (AvgIpc) is 2.53. The molecule has 0 unspecified atom stereocenters. The normalized spacial score (nSPS) is 10.3. The molecule has 6 heteroatoms. The van der Waals surface area contributed by atoms with Crippen LogP contribution in [0.15, 0.2) is 43.0 Å². The molecule has 0 radical (unpaired) electrons. The maximum atomic E-state index is 6.19. The van der Waals surface area contributed by atoms with Crippen LogP contribution in [-0.2, 0) is 6.54 Å². The molecule has 0 saturated heterocycles. The molecule has 2 aromatic rings. The molecule has 0 amide bonds. The topological polar surface area (TPSA) is 30.5 Å². The average molecular weight is 478 g/mol. The smallest absolute Gasteiger partial charge is 0.174 e. The lowest BCUT2D eigenvalue weighted by molar-refractivity contribution is 0.295. The van der Waals surface area contributed by atoms with Gasteiger partial charge in [0.1, 0.15) is 6.61 Å². The van der Waals surface area contributed by atoms with Crippen molar-refractivity contribution >= 4 is 51.5 Å². The van der Waals surface area contributed by atoms with Crippen molar-refractivity contribution in [2.75, 3.05) is 18.5 Å². The SMILES string of the molecule is C=CCOc1c(I)cc(CNc2ccc(Cl)cc2Cl)cc1OCC. The molecule has 0 aliphatic rings. The van der Waals surface area contributed by atoms with Gasteiger partial charge < -0.3 is 14.8 Å². The van der Waals surface area contributed by atoms with E-state index in [2.05, 4.69) is 40.6 Å². The Balaban J connectivity index is 2.19. The number of nitrogens with one attached hydrogen (secondary N) is 1. The molecule has 2 rings (SSSR count). The van der Waals surface area contributed by atoms with Gasteiger partial charge in [0, 0.05) is 11.6 Å². The van der Waals surface area contributed by atoms with E-state index in [0.29, 0.717) is 29.8 Å². The Labute approximate surface area is 166 Å². The number of hydrogen-bond acceptors (Lipinski definition) is 3. The standard InChI is InChI=1S/C18H18Cl2INO2/c1-3-7-24-18-15(21)8-12(9-17(18)23-4-2)11-22-16-6-5-13(19)10-14(16)20/h3,5-6,8-10,22H,1,4,7,11H2,2H3. The number of hydrogen-bond donors (Lipinski definition) is 1. The highest BCUT2D eigenvalue weighted by Crippen LogP contribution is 2.35. The molecule has 0 heterocycles. The van der Waals surface area contributed by atoms with E-state index in [-0.39, 0.29) is 0 Å². The summed E-state index contributed by atoms with van der Waals surface area (Å²) in [5.74, 6) is 1.47. The second kappa shape index (κ2) is 9.39. The van der Waals surface area contributed by atoms with Gasteiger partial charge >= 0.3 is 0 Å². The predicted molar refractivity (Wildman–Crippen MR) is 110 cm³/mol. The van der Waals surface area contributed by atoms with Crippen molar-refractivity contribution in [2.24, 2.45) is 0 Å². The third-order valence-electron chi connectivity index (χ3n) is 3.13. The summed E-state index contributed by atoms with van der Waals surface area (Å²) in [7, 11) is 0. The van der Waals surface area contributed by atoms with Crippen molar-refractivity contribution in [3.05, 3.63) is 62.2 Å². The molecule has 1 N–H and O–H groups in total. The summed E-state index contributed by atoms with van der Waals surface area (Å²) in [5.41, 5.74) is 1.90. The first-order valence-corrected chi connectivity index (χ1v) is 9.26. The Bertz CT molecular complexity index is 722. The van der Waals surface area contributed by atoms with E-state index in [1.165, 1.54) is 0 Å². The molecule has 24 heavy (non-hydrogen) atoms. The van der Waals surface area contributed by atoms with E-state index >= 15 is 0 Å². The molecule has 0 saturated carbocycles. The van der Waals surface area contributed by atoms with E-state index in [0.717, 1.165) is 26.3 Å². The van der Waals surface area contributed by atoms with Crippen molar-refractivity contribution in [3.8, 4) is 11.5 Å². The molecule has 0 spiro atoms. The van der Waals surface area contributed by atoms with Crippen LogP contribution in [0.4, 0.5) is 5.69 Å². The minimum atomic E-state index is 0.439. The van der Waals surface area contributed by atoms with Crippen LogP contribution in [0, 0.1) is 3.57 Å². The van der Waals surface area contributed by atoms with Crippen LogP contribution < -0.4 is 14.8 Å². The highest BCUT2D eigenvalue weighted by atomic mass is 127. The highest BCUT2D eigenvalue weighted by Gasteiger charge is 2.12. The van der Waals surface area contributed by atoms with Gasteiger partial charge in [0.05, 0.1) is 20.9 Å². The molecule has 0 fully saturated rings. The Morgan fingerprint density at radius 1 is 1.21 bits per heavy atom. The van der Waals surface area contributed by atoms with Gasteiger partial charge in [-0.2, -0.15) is 0 Å².